The number of nitrogens with zero attached hydrogens (tertiary/aromatic N) is 2. The SMILES string of the molecule is Cc1cc(C)n(-c2cccc(NC(=O)NCC(C)(O)C(=O)O)c2)n1. The van der Waals surface area contributed by atoms with E-state index >= 15 is 0 Å². The number of carboxylic acid groups (broad SMARTS) is 1. The Morgan fingerprint density at radius 3 is 2.58 bits per heavy atom. The number of hydrogen-bond acceptors (Lipinski definition) is 4. The Hall–Kier alpha value is -2.87. The normalized spacial score (nSPS) is 13.2. The first-order valence-corrected chi connectivity index (χ1v) is 7.33. The number of aliphatic carboxylic acids is 1. The quantitative estimate of drug-likeness (QED) is 0.661. The van der Waals surface area contributed by atoms with Crippen LogP contribution in [-0.2, 0) is 4.79 Å². The van der Waals surface area contributed by atoms with E-state index in [4.69, 9.17) is 5.11 Å². The fourth-order valence-electron chi connectivity index (χ4n) is 2.11. The Morgan fingerprint density at radius 2 is 2.00 bits per heavy atom. The number of nitrogens with one attached hydrogen (secondary N) is 2. The molecule has 8 nitrogen and oxygen atoms in total. The molecule has 0 fully saturated rings. The van der Waals surface area contributed by atoms with E-state index in [9.17, 15) is 14.7 Å². The fraction of sp³-hybridized carbons (Fsp3) is 0.312. The van der Waals surface area contributed by atoms with Gasteiger partial charge in [-0.15, -0.1) is 0 Å². The third-order valence-corrected chi connectivity index (χ3v) is 3.41. The molecule has 1 aromatic carbocycles. The standard InChI is InChI=1S/C16H20N4O4/c1-10-7-11(2)20(19-10)13-6-4-5-12(8-13)18-15(23)17-9-16(3,24)14(21)22/h4-8,24H,9H2,1-3H3,(H,21,22)(H2,17,18,23). The van der Waals surface area contributed by atoms with Gasteiger partial charge in [0.15, 0.2) is 5.60 Å². The van der Waals surface area contributed by atoms with Gasteiger partial charge in [0.25, 0.3) is 0 Å². The minimum atomic E-state index is -2.02. The van der Waals surface area contributed by atoms with Crippen molar-refractivity contribution in [2.45, 2.75) is 26.4 Å². The number of carbonyl (C=O) groups excluding carboxylic acids is 1. The number of carbonyl (C=O) groups is 2. The van der Waals surface area contributed by atoms with Gasteiger partial charge < -0.3 is 20.8 Å². The molecule has 0 saturated heterocycles. The van der Waals surface area contributed by atoms with Crippen molar-refractivity contribution in [3.63, 3.8) is 0 Å². The molecule has 0 radical (unpaired) electrons. The second-order valence-corrected chi connectivity index (χ2v) is 5.78. The molecule has 0 aliphatic carbocycles. The molecule has 1 heterocycles. The number of rotatable bonds is 5. The second kappa shape index (κ2) is 6.71. The maximum Gasteiger partial charge on any atom is 0.337 e. The molecule has 0 aliphatic rings. The van der Waals surface area contributed by atoms with Crippen LogP contribution in [0.5, 0.6) is 0 Å². The van der Waals surface area contributed by atoms with Crippen LogP contribution in [0.3, 0.4) is 0 Å². The first-order chi connectivity index (χ1) is 11.2. The first kappa shape index (κ1) is 17.5. The summed E-state index contributed by atoms with van der Waals surface area (Å²) in [5.74, 6) is -1.41. The van der Waals surface area contributed by atoms with E-state index in [1.54, 1.807) is 22.9 Å². The summed E-state index contributed by atoms with van der Waals surface area (Å²) in [5, 5.41) is 27.7. The molecule has 0 aliphatic heterocycles. The van der Waals surface area contributed by atoms with Gasteiger partial charge in [-0.1, -0.05) is 6.07 Å². The van der Waals surface area contributed by atoms with Crippen LogP contribution < -0.4 is 10.6 Å². The summed E-state index contributed by atoms with van der Waals surface area (Å²) >= 11 is 0. The number of hydrogen-bond donors (Lipinski definition) is 4. The number of amides is 2. The van der Waals surface area contributed by atoms with Crippen molar-refractivity contribution >= 4 is 17.7 Å². The van der Waals surface area contributed by atoms with Gasteiger partial charge in [0.05, 0.1) is 17.9 Å². The van der Waals surface area contributed by atoms with Gasteiger partial charge in [0, 0.05) is 11.4 Å². The minimum Gasteiger partial charge on any atom is -0.479 e. The number of aryl methyl sites for hydroxylation is 2. The molecule has 0 spiro atoms. The minimum absolute atomic E-state index is 0.411. The summed E-state index contributed by atoms with van der Waals surface area (Å²) in [6.45, 7) is 4.53. The van der Waals surface area contributed by atoms with Crippen LogP contribution in [0.25, 0.3) is 5.69 Å². The number of aromatic nitrogens is 2. The Labute approximate surface area is 139 Å². The summed E-state index contributed by atoms with van der Waals surface area (Å²) < 4.78 is 1.76. The van der Waals surface area contributed by atoms with Gasteiger partial charge in [-0.05, 0) is 45.0 Å². The molecule has 2 rings (SSSR count). The lowest BCUT2D eigenvalue weighted by atomic mass is 10.1. The summed E-state index contributed by atoms with van der Waals surface area (Å²) in [5.41, 5.74) is 1.14. The highest BCUT2D eigenvalue weighted by atomic mass is 16.4. The summed E-state index contributed by atoms with van der Waals surface area (Å²) in [4.78, 5) is 22.6. The van der Waals surface area contributed by atoms with Crippen molar-refractivity contribution < 1.29 is 19.8 Å². The van der Waals surface area contributed by atoms with Crippen LogP contribution in [0.4, 0.5) is 10.5 Å². The van der Waals surface area contributed by atoms with E-state index in [-0.39, 0.29) is 0 Å². The first-order valence-electron chi connectivity index (χ1n) is 7.33. The number of urea groups is 1. The largest absolute Gasteiger partial charge is 0.479 e. The zero-order chi connectivity index (χ0) is 17.9. The molecule has 0 bridgehead atoms. The van der Waals surface area contributed by atoms with Crippen LogP contribution in [-0.4, -0.2) is 44.1 Å². The highest BCUT2D eigenvalue weighted by Gasteiger charge is 2.30. The van der Waals surface area contributed by atoms with Crippen LogP contribution in [0.2, 0.25) is 0 Å². The summed E-state index contributed by atoms with van der Waals surface area (Å²) in [6, 6.07) is 8.41. The van der Waals surface area contributed by atoms with E-state index in [0.717, 1.165) is 24.0 Å². The van der Waals surface area contributed by atoms with Crippen molar-refractivity contribution in [1.29, 1.82) is 0 Å². The topological polar surface area (TPSA) is 116 Å². The van der Waals surface area contributed by atoms with E-state index < -0.39 is 24.1 Å². The Bertz CT molecular complexity index is 767. The van der Waals surface area contributed by atoms with Crippen LogP contribution in [0.1, 0.15) is 18.3 Å². The molecule has 0 saturated carbocycles. The van der Waals surface area contributed by atoms with E-state index in [0.29, 0.717) is 5.69 Å². The van der Waals surface area contributed by atoms with Crippen molar-refractivity contribution in [3.05, 3.63) is 41.7 Å². The third-order valence-electron chi connectivity index (χ3n) is 3.41. The highest BCUT2D eigenvalue weighted by Crippen LogP contribution is 2.16. The smallest absolute Gasteiger partial charge is 0.337 e. The van der Waals surface area contributed by atoms with Crippen molar-refractivity contribution in [2.24, 2.45) is 0 Å². The van der Waals surface area contributed by atoms with Crippen molar-refractivity contribution in [1.82, 2.24) is 15.1 Å². The van der Waals surface area contributed by atoms with Gasteiger partial charge in [-0.2, -0.15) is 5.10 Å². The highest BCUT2D eigenvalue weighted by molar-refractivity contribution is 5.90. The average molecular weight is 332 g/mol. The van der Waals surface area contributed by atoms with Gasteiger partial charge in [-0.3, -0.25) is 0 Å². The molecule has 1 unspecified atom stereocenters. The van der Waals surface area contributed by atoms with E-state index in [1.807, 2.05) is 26.0 Å². The van der Waals surface area contributed by atoms with Crippen LogP contribution in [0.15, 0.2) is 30.3 Å². The van der Waals surface area contributed by atoms with Crippen LogP contribution in [0, 0.1) is 13.8 Å². The average Bonchev–Trinajstić information content (AvgIpc) is 2.84. The monoisotopic (exact) mass is 332 g/mol. The lowest BCUT2D eigenvalue weighted by Crippen LogP contribution is -2.47. The van der Waals surface area contributed by atoms with Gasteiger partial charge >= 0.3 is 12.0 Å². The van der Waals surface area contributed by atoms with Crippen LogP contribution >= 0.6 is 0 Å². The summed E-state index contributed by atoms with van der Waals surface area (Å²) in [7, 11) is 0. The Morgan fingerprint density at radius 1 is 1.29 bits per heavy atom. The molecule has 24 heavy (non-hydrogen) atoms. The zero-order valence-corrected chi connectivity index (χ0v) is 13.7. The predicted molar refractivity (Wildman–Crippen MR) is 88.3 cm³/mol. The molecule has 8 heteroatoms. The maximum atomic E-state index is 11.9. The van der Waals surface area contributed by atoms with Crippen molar-refractivity contribution in [2.75, 3.05) is 11.9 Å². The number of anilines is 1. The molecule has 1 atom stereocenters. The molecule has 2 aromatic rings. The molecular formula is C16H20N4O4. The number of carboxylic acids is 1. The lowest BCUT2D eigenvalue weighted by molar-refractivity contribution is -0.155. The second-order valence-electron chi connectivity index (χ2n) is 5.78. The predicted octanol–water partition coefficient (Wildman–Crippen LogP) is 1.45. The fourth-order valence-corrected chi connectivity index (χ4v) is 2.11. The summed E-state index contributed by atoms with van der Waals surface area (Å²) in [6.07, 6.45) is 0. The third kappa shape index (κ3) is 4.11. The lowest BCUT2D eigenvalue weighted by Gasteiger charge is -2.18. The maximum absolute atomic E-state index is 11.9. The Kier molecular flexibility index (Phi) is 4.89. The number of benzene rings is 1. The van der Waals surface area contributed by atoms with E-state index in [2.05, 4.69) is 15.7 Å². The molecule has 128 valence electrons. The Balaban J connectivity index is 2.06. The van der Waals surface area contributed by atoms with E-state index in [1.165, 1.54) is 0 Å². The molecule has 4 N–H and O–H groups in total. The van der Waals surface area contributed by atoms with Gasteiger partial charge in [0.2, 0.25) is 0 Å². The molecular weight excluding hydrogens is 312 g/mol. The van der Waals surface area contributed by atoms with Crippen molar-refractivity contribution in [3.8, 4) is 5.69 Å². The van der Waals surface area contributed by atoms with Gasteiger partial charge in [0.1, 0.15) is 0 Å². The van der Waals surface area contributed by atoms with Gasteiger partial charge in [-0.25, -0.2) is 14.3 Å². The molecule has 2 amide bonds. The molecule has 1 aromatic heterocycles. The zero-order valence-electron chi connectivity index (χ0n) is 13.7. The number of aliphatic hydroxyl groups is 1.